The van der Waals surface area contributed by atoms with Crippen molar-refractivity contribution in [3.8, 4) is 5.75 Å². The van der Waals surface area contributed by atoms with E-state index in [0.717, 1.165) is 43.9 Å². The monoisotopic (exact) mass is 393 g/mol. The van der Waals surface area contributed by atoms with Crippen molar-refractivity contribution in [3.05, 3.63) is 77.7 Å². The van der Waals surface area contributed by atoms with Crippen LogP contribution in [-0.4, -0.2) is 42.7 Å². The summed E-state index contributed by atoms with van der Waals surface area (Å²) in [6, 6.07) is 19.6. The number of allylic oxidation sites excluding steroid dienone is 1. The van der Waals surface area contributed by atoms with E-state index in [9.17, 15) is 0 Å². The van der Waals surface area contributed by atoms with Gasteiger partial charge in [0.2, 0.25) is 0 Å². The van der Waals surface area contributed by atoms with Crippen LogP contribution in [-0.2, 0) is 11.3 Å². The number of nitrogens with zero attached hydrogens (tertiary/aromatic N) is 2. The summed E-state index contributed by atoms with van der Waals surface area (Å²) in [7, 11) is 1.94. The Morgan fingerprint density at radius 3 is 2.62 bits per heavy atom. The van der Waals surface area contributed by atoms with E-state index in [-0.39, 0.29) is 0 Å². The van der Waals surface area contributed by atoms with Crippen molar-refractivity contribution in [2.45, 2.75) is 38.1 Å². The zero-order valence-electron chi connectivity index (χ0n) is 17.2. The molecule has 2 aliphatic rings. The first kappa shape index (κ1) is 19.8. The van der Waals surface area contributed by atoms with Crippen LogP contribution in [0.25, 0.3) is 0 Å². The van der Waals surface area contributed by atoms with Crippen LogP contribution in [0.15, 0.2) is 66.6 Å². The molecule has 154 valence electrons. The average molecular weight is 394 g/mol. The molecule has 0 spiro atoms. The molecule has 0 saturated carbocycles. The van der Waals surface area contributed by atoms with Gasteiger partial charge >= 0.3 is 0 Å². The standard InChI is InChI=1S/C24H31N3O2/c1-26-18-24(29-25-26)10-6-16-27-15-5-9-22(27)19-28-23-13-11-21(12-14-23)17-20-7-3-2-4-8-20/h2-4,7-8,11-14,18,22,25H,5-6,9-10,15-17,19H2,1H3. The Kier molecular flexibility index (Phi) is 6.70. The van der Waals surface area contributed by atoms with Crippen LogP contribution in [0, 0.1) is 0 Å². The number of nitrogens with one attached hydrogen (secondary N) is 1. The molecule has 0 aliphatic carbocycles. The highest BCUT2D eigenvalue weighted by Gasteiger charge is 2.25. The molecular weight excluding hydrogens is 362 g/mol. The van der Waals surface area contributed by atoms with Gasteiger partial charge in [-0.3, -0.25) is 9.91 Å². The molecule has 29 heavy (non-hydrogen) atoms. The minimum absolute atomic E-state index is 0.512. The molecule has 4 rings (SSSR count). The maximum Gasteiger partial charge on any atom is 0.144 e. The number of ether oxygens (including phenoxy) is 1. The van der Waals surface area contributed by atoms with Gasteiger partial charge in [0.1, 0.15) is 18.1 Å². The molecule has 5 heteroatoms. The highest BCUT2D eigenvalue weighted by molar-refractivity contribution is 5.31. The molecule has 1 saturated heterocycles. The van der Waals surface area contributed by atoms with Crippen LogP contribution in [0.3, 0.4) is 0 Å². The first-order chi connectivity index (χ1) is 14.3. The average Bonchev–Trinajstić information content (AvgIpc) is 3.37. The fourth-order valence-electron chi connectivity index (χ4n) is 4.08. The molecule has 0 aromatic heterocycles. The van der Waals surface area contributed by atoms with Crippen LogP contribution in [0.2, 0.25) is 0 Å². The minimum atomic E-state index is 0.512. The molecule has 1 fully saturated rings. The Bertz CT molecular complexity index is 792. The summed E-state index contributed by atoms with van der Waals surface area (Å²) in [5, 5.41) is 1.84. The van der Waals surface area contributed by atoms with E-state index in [0.29, 0.717) is 6.04 Å². The van der Waals surface area contributed by atoms with Crippen LogP contribution in [0.4, 0.5) is 0 Å². The fraction of sp³-hybridized carbons (Fsp3) is 0.417. The van der Waals surface area contributed by atoms with Crippen LogP contribution in [0.5, 0.6) is 5.75 Å². The highest BCUT2D eigenvalue weighted by atomic mass is 16.7. The molecule has 2 aromatic carbocycles. The van der Waals surface area contributed by atoms with Crippen molar-refractivity contribution in [2.75, 3.05) is 26.7 Å². The zero-order valence-corrected chi connectivity index (χ0v) is 17.2. The van der Waals surface area contributed by atoms with E-state index in [1.54, 1.807) is 0 Å². The first-order valence-corrected chi connectivity index (χ1v) is 10.6. The molecule has 1 unspecified atom stereocenters. The topological polar surface area (TPSA) is 37.0 Å². The van der Waals surface area contributed by atoms with E-state index in [1.165, 1.54) is 30.5 Å². The summed E-state index contributed by atoms with van der Waals surface area (Å²) in [6.07, 6.45) is 7.51. The lowest BCUT2D eigenvalue weighted by molar-refractivity contribution is 0.0318. The predicted octanol–water partition coefficient (Wildman–Crippen LogP) is 4.12. The van der Waals surface area contributed by atoms with Crippen molar-refractivity contribution >= 4 is 0 Å². The Morgan fingerprint density at radius 1 is 1.07 bits per heavy atom. The Labute approximate surface area is 173 Å². The van der Waals surface area contributed by atoms with Gasteiger partial charge in [-0.1, -0.05) is 48.1 Å². The van der Waals surface area contributed by atoms with Gasteiger partial charge in [-0.05, 0) is 62.0 Å². The van der Waals surface area contributed by atoms with Gasteiger partial charge in [0.15, 0.2) is 0 Å². The highest BCUT2D eigenvalue weighted by Crippen LogP contribution is 2.22. The van der Waals surface area contributed by atoms with Gasteiger partial charge in [-0.15, -0.1) is 0 Å². The molecule has 5 nitrogen and oxygen atoms in total. The number of rotatable bonds is 9. The Balaban J connectivity index is 1.21. The molecule has 1 atom stereocenters. The smallest absolute Gasteiger partial charge is 0.144 e. The minimum Gasteiger partial charge on any atom is -0.492 e. The maximum absolute atomic E-state index is 6.12. The van der Waals surface area contributed by atoms with Crippen molar-refractivity contribution in [3.63, 3.8) is 0 Å². The van der Waals surface area contributed by atoms with Gasteiger partial charge in [-0.2, -0.15) is 0 Å². The third-order valence-corrected chi connectivity index (χ3v) is 5.64. The quantitative estimate of drug-likeness (QED) is 0.693. The lowest BCUT2D eigenvalue weighted by Gasteiger charge is -2.24. The molecule has 0 amide bonds. The van der Waals surface area contributed by atoms with E-state index in [1.807, 2.05) is 18.3 Å². The lowest BCUT2D eigenvalue weighted by Crippen LogP contribution is -2.35. The summed E-state index contributed by atoms with van der Waals surface area (Å²) in [5.41, 5.74) is 5.47. The molecular formula is C24H31N3O2. The second kappa shape index (κ2) is 9.81. The van der Waals surface area contributed by atoms with E-state index in [2.05, 4.69) is 65.1 Å². The van der Waals surface area contributed by atoms with Crippen molar-refractivity contribution in [1.82, 2.24) is 15.5 Å². The zero-order chi connectivity index (χ0) is 19.9. The van der Waals surface area contributed by atoms with Crippen LogP contribution >= 0.6 is 0 Å². The largest absolute Gasteiger partial charge is 0.492 e. The number of hydrazine groups is 1. The summed E-state index contributed by atoms with van der Waals surface area (Å²) < 4.78 is 6.12. The van der Waals surface area contributed by atoms with Crippen molar-refractivity contribution in [2.24, 2.45) is 0 Å². The Hall–Kier alpha value is -2.50. The fourth-order valence-corrected chi connectivity index (χ4v) is 4.08. The van der Waals surface area contributed by atoms with Gasteiger partial charge in [0.25, 0.3) is 0 Å². The Morgan fingerprint density at radius 2 is 1.86 bits per heavy atom. The molecule has 0 radical (unpaired) electrons. The van der Waals surface area contributed by atoms with Gasteiger partial charge in [0, 0.05) is 19.5 Å². The summed E-state index contributed by atoms with van der Waals surface area (Å²) >= 11 is 0. The number of benzene rings is 2. The number of likely N-dealkylation sites (tertiary alicyclic amines) is 1. The molecule has 2 aliphatic heterocycles. The van der Waals surface area contributed by atoms with Crippen LogP contribution in [0.1, 0.15) is 36.8 Å². The summed E-state index contributed by atoms with van der Waals surface area (Å²) in [4.78, 5) is 7.97. The van der Waals surface area contributed by atoms with Gasteiger partial charge in [-0.25, -0.2) is 0 Å². The van der Waals surface area contributed by atoms with Crippen LogP contribution < -0.4 is 10.3 Å². The van der Waals surface area contributed by atoms with Gasteiger partial charge < -0.3 is 9.57 Å². The van der Waals surface area contributed by atoms with E-state index >= 15 is 0 Å². The van der Waals surface area contributed by atoms with E-state index < -0.39 is 0 Å². The van der Waals surface area contributed by atoms with E-state index in [4.69, 9.17) is 9.57 Å². The molecule has 2 aromatic rings. The number of hydrogen-bond donors (Lipinski definition) is 1. The van der Waals surface area contributed by atoms with Crippen molar-refractivity contribution in [1.29, 1.82) is 0 Å². The SMILES string of the molecule is CN1C=C(CCCN2CCCC2COc2ccc(Cc3ccccc3)cc2)ON1. The van der Waals surface area contributed by atoms with Gasteiger partial charge in [0.05, 0.1) is 6.20 Å². The maximum atomic E-state index is 6.12. The number of hydrogen-bond acceptors (Lipinski definition) is 5. The predicted molar refractivity (Wildman–Crippen MR) is 115 cm³/mol. The third-order valence-electron chi connectivity index (χ3n) is 5.64. The second-order valence-electron chi connectivity index (χ2n) is 7.95. The molecule has 2 heterocycles. The summed E-state index contributed by atoms with van der Waals surface area (Å²) in [6.45, 7) is 3.03. The molecule has 1 N–H and O–H groups in total. The second-order valence-corrected chi connectivity index (χ2v) is 7.95. The normalized spacial score (nSPS) is 19.3. The lowest BCUT2D eigenvalue weighted by atomic mass is 10.1. The first-order valence-electron chi connectivity index (χ1n) is 10.6. The van der Waals surface area contributed by atoms with Crippen molar-refractivity contribution < 1.29 is 9.57 Å². The third kappa shape index (κ3) is 5.75. The summed E-state index contributed by atoms with van der Waals surface area (Å²) in [5.74, 6) is 1.97. The molecule has 0 bridgehead atoms.